The summed E-state index contributed by atoms with van der Waals surface area (Å²) >= 11 is 0. The Morgan fingerprint density at radius 2 is 2.07 bits per heavy atom. The Morgan fingerprint density at radius 3 is 2.60 bits per heavy atom. The molecule has 0 atom stereocenters. The topological polar surface area (TPSA) is 56.7 Å². The molecule has 0 aliphatic carbocycles. The summed E-state index contributed by atoms with van der Waals surface area (Å²) in [6.45, 7) is 3.63. The second-order valence-electron chi connectivity index (χ2n) is 3.32. The summed E-state index contributed by atoms with van der Waals surface area (Å²) < 4.78 is 14.6. The fraction of sp³-hybridized carbons (Fsp3) is 0.200. The van der Waals surface area contributed by atoms with E-state index in [9.17, 15) is 4.39 Å². The van der Waals surface area contributed by atoms with Gasteiger partial charge < -0.3 is 5.73 Å². The monoisotopic (exact) mass is 206 g/mol. The van der Waals surface area contributed by atoms with Crippen molar-refractivity contribution in [1.29, 1.82) is 0 Å². The molecule has 0 spiro atoms. The molecule has 0 unspecified atom stereocenters. The molecule has 1 aromatic carbocycles. The molecule has 4 nitrogen and oxygen atoms in total. The van der Waals surface area contributed by atoms with Crippen LogP contribution < -0.4 is 5.73 Å². The van der Waals surface area contributed by atoms with E-state index in [-0.39, 0.29) is 5.69 Å². The zero-order valence-electron chi connectivity index (χ0n) is 8.53. The molecule has 0 saturated heterocycles. The van der Waals surface area contributed by atoms with Gasteiger partial charge in [0.05, 0.1) is 11.4 Å². The lowest BCUT2D eigenvalue weighted by molar-refractivity contribution is 0.631. The summed E-state index contributed by atoms with van der Waals surface area (Å²) in [5.74, 6) is 1.00. The van der Waals surface area contributed by atoms with Crippen molar-refractivity contribution in [1.82, 2.24) is 14.8 Å². The van der Waals surface area contributed by atoms with Crippen LogP contribution >= 0.6 is 0 Å². The van der Waals surface area contributed by atoms with Crippen LogP contribution in [0.3, 0.4) is 0 Å². The lowest BCUT2D eigenvalue weighted by Crippen LogP contribution is -2.01. The highest BCUT2D eigenvalue weighted by Crippen LogP contribution is 2.16. The first kappa shape index (κ1) is 9.64. The highest BCUT2D eigenvalue weighted by Gasteiger charge is 2.06. The van der Waals surface area contributed by atoms with Crippen LogP contribution in [-0.4, -0.2) is 14.8 Å². The summed E-state index contributed by atoms with van der Waals surface area (Å²) in [4.78, 5) is 4.16. The first-order chi connectivity index (χ1) is 7.08. The van der Waals surface area contributed by atoms with Crippen LogP contribution in [0.1, 0.15) is 11.6 Å². The SMILES string of the molecule is Cc1nc(C)n(-c2ccc(F)c(N)c2)n1. The molecule has 78 valence electrons. The Hall–Kier alpha value is -1.91. The standard InChI is InChI=1S/C10H11FN4/c1-6-13-7(2)15(14-6)8-3-4-9(11)10(12)5-8/h3-5H,12H2,1-2H3. The average Bonchev–Trinajstić information content (AvgIpc) is 2.50. The van der Waals surface area contributed by atoms with Gasteiger partial charge in [-0.2, -0.15) is 5.10 Å². The predicted molar refractivity (Wildman–Crippen MR) is 55.2 cm³/mol. The molecule has 2 rings (SSSR count). The average molecular weight is 206 g/mol. The summed E-state index contributed by atoms with van der Waals surface area (Å²) in [5.41, 5.74) is 6.30. The Morgan fingerprint density at radius 1 is 1.33 bits per heavy atom. The summed E-state index contributed by atoms with van der Waals surface area (Å²) in [5, 5.41) is 4.18. The van der Waals surface area contributed by atoms with Crippen molar-refractivity contribution in [3.63, 3.8) is 0 Å². The molecule has 1 aromatic heterocycles. The van der Waals surface area contributed by atoms with Gasteiger partial charge >= 0.3 is 0 Å². The third kappa shape index (κ3) is 1.68. The van der Waals surface area contributed by atoms with E-state index in [4.69, 9.17) is 5.73 Å². The molecular weight excluding hydrogens is 195 g/mol. The van der Waals surface area contributed by atoms with E-state index in [1.807, 2.05) is 6.92 Å². The number of anilines is 1. The Kier molecular flexibility index (Phi) is 2.15. The van der Waals surface area contributed by atoms with Gasteiger partial charge in [0.2, 0.25) is 0 Å². The number of nitrogens with zero attached hydrogens (tertiary/aromatic N) is 3. The van der Waals surface area contributed by atoms with Crippen LogP contribution in [-0.2, 0) is 0 Å². The second kappa shape index (κ2) is 3.34. The number of halogens is 1. The number of hydrogen-bond donors (Lipinski definition) is 1. The number of nitrogens with two attached hydrogens (primary N) is 1. The number of aromatic nitrogens is 3. The molecule has 0 bridgehead atoms. The van der Waals surface area contributed by atoms with Crippen molar-refractivity contribution in [2.75, 3.05) is 5.73 Å². The maximum absolute atomic E-state index is 12.9. The molecular formula is C10H11FN4. The third-order valence-corrected chi connectivity index (χ3v) is 2.10. The maximum atomic E-state index is 12.9. The number of rotatable bonds is 1. The van der Waals surface area contributed by atoms with Gasteiger partial charge in [-0.05, 0) is 32.0 Å². The van der Waals surface area contributed by atoms with Crippen LogP contribution in [0.25, 0.3) is 5.69 Å². The van der Waals surface area contributed by atoms with E-state index in [0.717, 1.165) is 5.82 Å². The van der Waals surface area contributed by atoms with Gasteiger partial charge in [0.15, 0.2) is 0 Å². The van der Waals surface area contributed by atoms with Crippen LogP contribution in [0.5, 0.6) is 0 Å². The van der Waals surface area contributed by atoms with Gasteiger partial charge in [-0.1, -0.05) is 0 Å². The zero-order chi connectivity index (χ0) is 11.0. The van der Waals surface area contributed by atoms with E-state index in [2.05, 4.69) is 10.1 Å². The molecule has 2 N–H and O–H groups in total. The third-order valence-electron chi connectivity index (χ3n) is 2.10. The first-order valence-corrected chi connectivity index (χ1v) is 4.53. The largest absolute Gasteiger partial charge is 0.396 e. The minimum absolute atomic E-state index is 0.111. The number of benzene rings is 1. The van der Waals surface area contributed by atoms with E-state index in [0.29, 0.717) is 11.5 Å². The van der Waals surface area contributed by atoms with Crippen molar-refractivity contribution >= 4 is 5.69 Å². The van der Waals surface area contributed by atoms with Gasteiger partial charge in [0, 0.05) is 0 Å². The minimum Gasteiger partial charge on any atom is -0.396 e. The normalized spacial score (nSPS) is 10.6. The molecule has 1 heterocycles. The molecule has 0 aliphatic rings. The summed E-state index contributed by atoms with van der Waals surface area (Å²) in [6, 6.07) is 4.48. The van der Waals surface area contributed by atoms with Crippen LogP contribution in [0, 0.1) is 19.7 Å². The number of aryl methyl sites for hydroxylation is 2. The summed E-state index contributed by atoms with van der Waals surface area (Å²) in [7, 11) is 0. The quantitative estimate of drug-likeness (QED) is 0.721. The molecule has 0 radical (unpaired) electrons. The molecule has 0 fully saturated rings. The van der Waals surface area contributed by atoms with Crippen LogP contribution in [0.2, 0.25) is 0 Å². The van der Waals surface area contributed by atoms with Crippen LogP contribution in [0.15, 0.2) is 18.2 Å². The highest BCUT2D eigenvalue weighted by molar-refractivity contribution is 5.48. The fourth-order valence-corrected chi connectivity index (χ4v) is 1.43. The fourth-order valence-electron chi connectivity index (χ4n) is 1.43. The number of hydrogen-bond acceptors (Lipinski definition) is 3. The van der Waals surface area contributed by atoms with Gasteiger partial charge in [-0.15, -0.1) is 0 Å². The molecule has 5 heteroatoms. The van der Waals surface area contributed by atoms with E-state index >= 15 is 0 Å². The summed E-state index contributed by atoms with van der Waals surface area (Å²) in [6.07, 6.45) is 0. The molecule has 0 amide bonds. The van der Waals surface area contributed by atoms with Crippen molar-refractivity contribution < 1.29 is 4.39 Å². The van der Waals surface area contributed by atoms with Gasteiger partial charge in [-0.3, -0.25) is 0 Å². The van der Waals surface area contributed by atoms with Gasteiger partial charge in [0.25, 0.3) is 0 Å². The van der Waals surface area contributed by atoms with Crippen LogP contribution in [0.4, 0.5) is 10.1 Å². The Balaban J connectivity index is 2.54. The molecule has 2 aromatic rings. The van der Waals surface area contributed by atoms with E-state index < -0.39 is 5.82 Å². The van der Waals surface area contributed by atoms with Crippen molar-refractivity contribution in [3.8, 4) is 5.69 Å². The molecule has 0 aliphatic heterocycles. The zero-order valence-corrected chi connectivity index (χ0v) is 8.53. The highest BCUT2D eigenvalue weighted by atomic mass is 19.1. The lowest BCUT2D eigenvalue weighted by Gasteiger charge is -2.04. The van der Waals surface area contributed by atoms with Gasteiger partial charge in [0.1, 0.15) is 17.5 Å². The first-order valence-electron chi connectivity index (χ1n) is 4.53. The van der Waals surface area contributed by atoms with E-state index in [1.54, 1.807) is 17.7 Å². The smallest absolute Gasteiger partial charge is 0.148 e. The van der Waals surface area contributed by atoms with Crippen molar-refractivity contribution in [3.05, 3.63) is 35.7 Å². The Bertz CT molecular complexity index is 504. The molecule has 0 saturated carbocycles. The van der Waals surface area contributed by atoms with Gasteiger partial charge in [-0.25, -0.2) is 14.1 Å². The number of nitrogen functional groups attached to an aromatic ring is 1. The lowest BCUT2D eigenvalue weighted by atomic mass is 10.2. The Labute approximate surface area is 86.6 Å². The predicted octanol–water partition coefficient (Wildman–Crippen LogP) is 1.61. The minimum atomic E-state index is -0.423. The van der Waals surface area contributed by atoms with Crippen molar-refractivity contribution in [2.45, 2.75) is 13.8 Å². The second-order valence-corrected chi connectivity index (χ2v) is 3.32. The maximum Gasteiger partial charge on any atom is 0.148 e. The van der Waals surface area contributed by atoms with E-state index in [1.165, 1.54) is 12.1 Å². The van der Waals surface area contributed by atoms with Crippen molar-refractivity contribution in [2.24, 2.45) is 0 Å². The molecule has 15 heavy (non-hydrogen) atoms.